The number of aromatic nitrogens is 2. The summed E-state index contributed by atoms with van der Waals surface area (Å²) >= 11 is 0. The molecule has 1 aromatic heterocycles. The molecule has 23 heavy (non-hydrogen) atoms. The molecule has 0 saturated heterocycles. The molecule has 1 aliphatic carbocycles. The average Bonchev–Trinajstić information content (AvgIpc) is 2.70. The third-order valence-corrected chi connectivity index (χ3v) is 4.19. The Morgan fingerprint density at radius 1 is 1.26 bits per heavy atom. The minimum Gasteiger partial charge on any atom is -0.506 e. The van der Waals surface area contributed by atoms with Crippen molar-refractivity contribution in [2.24, 2.45) is 0 Å². The van der Waals surface area contributed by atoms with Crippen molar-refractivity contribution < 1.29 is 19.4 Å². The van der Waals surface area contributed by atoms with Crippen LogP contribution in [0, 0.1) is 0 Å². The van der Waals surface area contributed by atoms with Gasteiger partial charge in [-0.05, 0) is 19.8 Å². The van der Waals surface area contributed by atoms with E-state index in [2.05, 4.69) is 4.98 Å². The molecule has 0 amide bonds. The van der Waals surface area contributed by atoms with Gasteiger partial charge in [-0.25, -0.2) is 4.98 Å². The molecule has 1 aromatic rings. The first-order valence-corrected chi connectivity index (χ1v) is 7.72. The second-order valence-corrected chi connectivity index (χ2v) is 5.78. The number of hydrogen-bond donors (Lipinski definition) is 1. The number of aliphatic hydroxyl groups excluding tert-OH is 1. The fourth-order valence-electron chi connectivity index (χ4n) is 2.98. The second-order valence-electron chi connectivity index (χ2n) is 5.78. The zero-order valence-electron chi connectivity index (χ0n) is 12.9. The van der Waals surface area contributed by atoms with Crippen LogP contribution in [0.4, 0.5) is 0 Å². The number of carbonyl (C=O) groups excluding carboxylic acids is 2. The maximum absolute atomic E-state index is 12.7. The van der Waals surface area contributed by atoms with Crippen LogP contribution in [0.25, 0.3) is 5.76 Å². The number of nitrogens with zero attached hydrogens (tertiary/aromatic N) is 2. The lowest BCUT2D eigenvalue weighted by Gasteiger charge is -2.16. The molecule has 1 atom stereocenters. The molecular weight excluding hydrogens is 300 g/mol. The van der Waals surface area contributed by atoms with E-state index < -0.39 is 22.9 Å². The normalized spacial score (nSPS) is 21.8. The molecule has 1 unspecified atom stereocenters. The molecular formula is C16H18N2O5. The molecule has 2 aliphatic rings. The first kappa shape index (κ1) is 15.6. The number of allylic oxidation sites excluding steroid dienone is 1. The summed E-state index contributed by atoms with van der Waals surface area (Å²) in [5.41, 5.74) is -0.835. The lowest BCUT2D eigenvalue weighted by molar-refractivity contribution is -0.123. The molecule has 7 heteroatoms. The van der Waals surface area contributed by atoms with Gasteiger partial charge in [0.2, 0.25) is 0 Å². The molecule has 1 fully saturated rings. The highest BCUT2D eigenvalue weighted by atomic mass is 16.5. The molecule has 3 rings (SSSR count). The number of ether oxygens (including phenoxy) is 1. The van der Waals surface area contributed by atoms with Crippen molar-refractivity contribution in [3.05, 3.63) is 33.5 Å². The molecule has 0 aromatic carbocycles. The standard InChI is InChI=1S/C16H18N2O5/c1-9-15-17-8-10(16(22)18(15)6-3-7-23-9)14(21)13-11(19)4-2-5-12(13)20/h8-9,21H,2-7H2,1H3. The van der Waals surface area contributed by atoms with Gasteiger partial charge in [0.25, 0.3) is 5.56 Å². The zero-order chi connectivity index (χ0) is 16.6. The summed E-state index contributed by atoms with van der Waals surface area (Å²) in [7, 11) is 0. The van der Waals surface area contributed by atoms with E-state index in [0.717, 1.165) is 0 Å². The van der Waals surface area contributed by atoms with E-state index in [4.69, 9.17) is 4.74 Å². The highest BCUT2D eigenvalue weighted by molar-refractivity contribution is 6.25. The molecule has 0 bridgehead atoms. The van der Waals surface area contributed by atoms with Crippen LogP contribution in [0.15, 0.2) is 16.6 Å². The van der Waals surface area contributed by atoms with Crippen molar-refractivity contribution in [1.82, 2.24) is 9.55 Å². The lowest BCUT2D eigenvalue weighted by atomic mass is 9.90. The van der Waals surface area contributed by atoms with Crippen LogP contribution in [-0.4, -0.2) is 32.8 Å². The summed E-state index contributed by atoms with van der Waals surface area (Å²) < 4.78 is 6.98. The number of fused-ring (bicyclic) bond motifs is 1. The number of aliphatic hydroxyl groups is 1. The van der Waals surface area contributed by atoms with Gasteiger partial charge in [-0.1, -0.05) is 0 Å². The molecule has 1 saturated carbocycles. The Kier molecular flexibility index (Phi) is 4.12. The summed E-state index contributed by atoms with van der Waals surface area (Å²) in [5, 5.41) is 10.4. The Hall–Kier alpha value is -2.28. The van der Waals surface area contributed by atoms with Gasteiger partial charge < -0.3 is 9.84 Å². The summed E-state index contributed by atoms with van der Waals surface area (Å²) in [4.78, 5) is 40.7. The molecule has 1 N–H and O–H groups in total. The Balaban J connectivity index is 2.14. The van der Waals surface area contributed by atoms with Crippen LogP contribution in [-0.2, 0) is 20.9 Å². The third-order valence-electron chi connectivity index (χ3n) is 4.19. The van der Waals surface area contributed by atoms with Gasteiger partial charge in [-0.3, -0.25) is 19.0 Å². The van der Waals surface area contributed by atoms with Gasteiger partial charge in [0.1, 0.15) is 28.8 Å². The highest BCUT2D eigenvalue weighted by Crippen LogP contribution is 2.24. The summed E-state index contributed by atoms with van der Waals surface area (Å²) in [6.45, 7) is 2.74. The quantitative estimate of drug-likeness (QED) is 0.476. The van der Waals surface area contributed by atoms with E-state index in [1.807, 2.05) is 0 Å². The van der Waals surface area contributed by atoms with E-state index >= 15 is 0 Å². The third kappa shape index (κ3) is 2.72. The predicted octanol–water partition coefficient (Wildman–Crippen LogP) is 1.32. The average molecular weight is 318 g/mol. The minimum absolute atomic E-state index is 0.110. The van der Waals surface area contributed by atoms with Crippen LogP contribution in [0.2, 0.25) is 0 Å². The van der Waals surface area contributed by atoms with Crippen molar-refractivity contribution >= 4 is 17.3 Å². The number of hydrogen-bond acceptors (Lipinski definition) is 6. The topological polar surface area (TPSA) is 98.5 Å². The zero-order valence-corrected chi connectivity index (χ0v) is 12.9. The fraction of sp³-hybridized carbons (Fsp3) is 0.500. The molecule has 7 nitrogen and oxygen atoms in total. The van der Waals surface area contributed by atoms with Crippen molar-refractivity contribution in [2.75, 3.05) is 6.61 Å². The minimum atomic E-state index is -0.551. The smallest absolute Gasteiger partial charge is 0.264 e. The van der Waals surface area contributed by atoms with Crippen molar-refractivity contribution in [3.63, 3.8) is 0 Å². The molecule has 2 heterocycles. The summed E-state index contributed by atoms with van der Waals surface area (Å²) in [6.07, 6.45) is 2.43. The van der Waals surface area contributed by atoms with E-state index in [1.54, 1.807) is 6.92 Å². The fourth-order valence-corrected chi connectivity index (χ4v) is 2.98. The van der Waals surface area contributed by atoms with Crippen LogP contribution >= 0.6 is 0 Å². The summed E-state index contributed by atoms with van der Waals surface area (Å²) in [5.74, 6) is -0.912. The second kappa shape index (κ2) is 6.08. The summed E-state index contributed by atoms with van der Waals surface area (Å²) in [6, 6.07) is 0. The number of Topliss-reactive ketones (excluding diaryl/α,β-unsaturated/α-hetero) is 2. The first-order chi connectivity index (χ1) is 11.0. The number of ketones is 2. The predicted molar refractivity (Wildman–Crippen MR) is 80.9 cm³/mol. The van der Waals surface area contributed by atoms with Crippen LogP contribution in [0.5, 0.6) is 0 Å². The Bertz CT molecular complexity index is 744. The van der Waals surface area contributed by atoms with Crippen molar-refractivity contribution in [1.29, 1.82) is 0 Å². The van der Waals surface area contributed by atoms with Crippen LogP contribution < -0.4 is 5.56 Å². The molecule has 0 spiro atoms. The molecule has 122 valence electrons. The van der Waals surface area contributed by atoms with Gasteiger partial charge >= 0.3 is 0 Å². The van der Waals surface area contributed by atoms with Crippen LogP contribution in [0.1, 0.15) is 50.1 Å². The van der Waals surface area contributed by atoms with Crippen molar-refractivity contribution in [3.8, 4) is 0 Å². The molecule has 0 radical (unpaired) electrons. The lowest BCUT2D eigenvalue weighted by Crippen LogP contribution is -2.29. The maximum atomic E-state index is 12.7. The van der Waals surface area contributed by atoms with Crippen LogP contribution in [0.3, 0.4) is 0 Å². The first-order valence-electron chi connectivity index (χ1n) is 7.72. The monoisotopic (exact) mass is 318 g/mol. The Morgan fingerprint density at radius 3 is 2.65 bits per heavy atom. The molecule has 1 aliphatic heterocycles. The van der Waals surface area contributed by atoms with Gasteiger partial charge in [-0.2, -0.15) is 0 Å². The van der Waals surface area contributed by atoms with E-state index in [1.165, 1.54) is 10.8 Å². The largest absolute Gasteiger partial charge is 0.506 e. The van der Waals surface area contributed by atoms with Gasteiger partial charge in [-0.15, -0.1) is 0 Å². The Labute approximate surface area is 132 Å². The van der Waals surface area contributed by atoms with E-state index in [9.17, 15) is 19.5 Å². The number of rotatable bonds is 1. The highest BCUT2D eigenvalue weighted by Gasteiger charge is 2.29. The van der Waals surface area contributed by atoms with Crippen molar-refractivity contribution in [2.45, 2.75) is 45.3 Å². The maximum Gasteiger partial charge on any atom is 0.264 e. The van der Waals surface area contributed by atoms with E-state index in [-0.39, 0.29) is 30.1 Å². The van der Waals surface area contributed by atoms with Gasteiger partial charge in [0.15, 0.2) is 11.6 Å². The Morgan fingerprint density at radius 2 is 1.96 bits per heavy atom. The van der Waals surface area contributed by atoms with Gasteiger partial charge in [0.05, 0.1) is 0 Å². The van der Waals surface area contributed by atoms with E-state index in [0.29, 0.717) is 31.8 Å². The number of carbonyl (C=O) groups is 2. The van der Waals surface area contributed by atoms with Gasteiger partial charge in [0, 0.05) is 32.2 Å². The SMILES string of the molecule is CC1OCCCn2c1ncc(C(O)=C1C(=O)CCCC1=O)c2=O.